The zero-order valence-corrected chi connectivity index (χ0v) is 14.6. The summed E-state index contributed by atoms with van der Waals surface area (Å²) in [6.45, 7) is 8.15. The van der Waals surface area contributed by atoms with Crippen molar-refractivity contribution in [2.45, 2.75) is 38.8 Å². The number of nitrogens with zero attached hydrogens (tertiary/aromatic N) is 3. The largest absolute Gasteiger partial charge is 0.341 e. The molecular formula is C19H28FN3O. The Morgan fingerprint density at radius 3 is 2.54 bits per heavy atom. The molecule has 0 unspecified atom stereocenters. The van der Waals surface area contributed by atoms with E-state index < -0.39 is 0 Å². The van der Waals surface area contributed by atoms with Gasteiger partial charge in [0.15, 0.2) is 0 Å². The van der Waals surface area contributed by atoms with Crippen molar-refractivity contribution < 1.29 is 9.18 Å². The van der Waals surface area contributed by atoms with Crippen LogP contribution >= 0.6 is 0 Å². The van der Waals surface area contributed by atoms with Crippen LogP contribution in [0.5, 0.6) is 0 Å². The zero-order valence-electron chi connectivity index (χ0n) is 14.6. The number of carbonyl (C=O) groups excluding carboxylic acids is 1. The average Bonchev–Trinajstić information content (AvgIpc) is 3.03. The van der Waals surface area contributed by atoms with Crippen LogP contribution in [-0.4, -0.2) is 65.9 Å². The maximum Gasteiger partial charge on any atom is 0.239 e. The molecule has 5 heteroatoms. The molecule has 2 heterocycles. The van der Waals surface area contributed by atoms with Gasteiger partial charge in [-0.1, -0.05) is 18.2 Å². The predicted octanol–water partition coefficient (Wildman–Crippen LogP) is 2.34. The lowest BCUT2D eigenvalue weighted by Gasteiger charge is -2.30. The molecular weight excluding hydrogens is 305 g/mol. The minimum atomic E-state index is -0.129. The summed E-state index contributed by atoms with van der Waals surface area (Å²) >= 11 is 0. The molecule has 0 bridgehead atoms. The molecule has 2 aliphatic heterocycles. The summed E-state index contributed by atoms with van der Waals surface area (Å²) in [5.74, 6) is 0.145. The molecule has 2 fully saturated rings. The van der Waals surface area contributed by atoms with Crippen LogP contribution < -0.4 is 0 Å². The van der Waals surface area contributed by atoms with Gasteiger partial charge in [0.1, 0.15) is 5.82 Å². The van der Waals surface area contributed by atoms with Gasteiger partial charge in [-0.2, -0.15) is 0 Å². The van der Waals surface area contributed by atoms with Crippen LogP contribution in [0.1, 0.15) is 31.7 Å². The lowest BCUT2D eigenvalue weighted by molar-refractivity contribution is -0.135. The Bertz CT molecular complexity index is 559. The second-order valence-electron chi connectivity index (χ2n) is 6.97. The van der Waals surface area contributed by atoms with E-state index in [9.17, 15) is 9.18 Å². The van der Waals surface area contributed by atoms with E-state index in [2.05, 4.69) is 9.80 Å². The van der Waals surface area contributed by atoms with Crippen LogP contribution in [0.3, 0.4) is 0 Å². The van der Waals surface area contributed by atoms with Gasteiger partial charge in [0, 0.05) is 44.8 Å². The number of likely N-dealkylation sites (tertiary alicyclic amines) is 1. The van der Waals surface area contributed by atoms with Crippen molar-refractivity contribution in [2.75, 3.05) is 39.3 Å². The summed E-state index contributed by atoms with van der Waals surface area (Å²) in [7, 11) is 0. The number of hydrogen-bond acceptors (Lipinski definition) is 3. The molecule has 0 saturated carbocycles. The van der Waals surface area contributed by atoms with E-state index in [4.69, 9.17) is 0 Å². The van der Waals surface area contributed by atoms with Gasteiger partial charge in [-0.15, -0.1) is 0 Å². The molecule has 1 aromatic rings. The van der Waals surface area contributed by atoms with Gasteiger partial charge in [0.25, 0.3) is 0 Å². The van der Waals surface area contributed by atoms with Crippen LogP contribution in [0.2, 0.25) is 0 Å². The molecule has 0 N–H and O–H groups in total. The fourth-order valence-corrected chi connectivity index (χ4v) is 3.76. The second-order valence-corrected chi connectivity index (χ2v) is 6.97. The average molecular weight is 333 g/mol. The highest BCUT2D eigenvalue weighted by Gasteiger charge is 2.28. The van der Waals surface area contributed by atoms with E-state index in [1.165, 1.54) is 6.07 Å². The van der Waals surface area contributed by atoms with E-state index in [1.54, 1.807) is 6.07 Å². The first kappa shape index (κ1) is 17.4. The Hall–Kier alpha value is -1.46. The van der Waals surface area contributed by atoms with E-state index >= 15 is 0 Å². The van der Waals surface area contributed by atoms with E-state index in [-0.39, 0.29) is 17.8 Å². The first-order chi connectivity index (χ1) is 11.6. The normalized spacial score (nSPS) is 21.7. The molecule has 132 valence electrons. The maximum atomic E-state index is 13.8. The monoisotopic (exact) mass is 333 g/mol. The first-order valence-corrected chi connectivity index (χ1v) is 9.14. The van der Waals surface area contributed by atoms with Crippen molar-refractivity contribution in [3.05, 3.63) is 35.6 Å². The Balaban J connectivity index is 1.54. The van der Waals surface area contributed by atoms with Crippen molar-refractivity contribution >= 4 is 5.91 Å². The van der Waals surface area contributed by atoms with Crippen LogP contribution in [0.4, 0.5) is 4.39 Å². The molecule has 4 nitrogen and oxygen atoms in total. The second kappa shape index (κ2) is 8.08. The van der Waals surface area contributed by atoms with Gasteiger partial charge >= 0.3 is 0 Å². The topological polar surface area (TPSA) is 26.8 Å². The number of halogens is 1. The van der Waals surface area contributed by atoms with E-state index in [1.807, 2.05) is 24.0 Å². The molecule has 1 aromatic carbocycles. The molecule has 0 aromatic heterocycles. The standard InChI is InChI=1S/C19H28FN3O/c1-16(19(24)23-10-4-5-11-23)22-12-6-9-21(13-14-22)15-17-7-2-3-8-18(17)20/h2-3,7-8,16H,4-6,9-15H2,1H3/t16-/m1/s1. The van der Waals surface area contributed by atoms with Gasteiger partial charge in [-0.25, -0.2) is 4.39 Å². The summed E-state index contributed by atoms with van der Waals surface area (Å²) in [6.07, 6.45) is 3.29. The molecule has 2 aliphatic rings. The molecule has 1 atom stereocenters. The third-order valence-corrected chi connectivity index (χ3v) is 5.30. The molecule has 0 aliphatic carbocycles. The summed E-state index contributed by atoms with van der Waals surface area (Å²) in [5.41, 5.74) is 0.757. The fraction of sp³-hybridized carbons (Fsp3) is 0.632. The zero-order chi connectivity index (χ0) is 16.9. The van der Waals surface area contributed by atoms with Crippen molar-refractivity contribution in [1.29, 1.82) is 0 Å². The number of carbonyl (C=O) groups is 1. The van der Waals surface area contributed by atoms with E-state index in [0.29, 0.717) is 6.54 Å². The van der Waals surface area contributed by atoms with Crippen LogP contribution in [0.25, 0.3) is 0 Å². The van der Waals surface area contributed by atoms with Crippen molar-refractivity contribution in [3.63, 3.8) is 0 Å². The lowest BCUT2D eigenvalue weighted by atomic mass is 10.2. The third kappa shape index (κ3) is 4.14. The molecule has 0 radical (unpaired) electrons. The third-order valence-electron chi connectivity index (χ3n) is 5.30. The van der Waals surface area contributed by atoms with E-state index in [0.717, 1.165) is 64.1 Å². The van der Waals surface area contributed by atoms with Gasteiger partial charge in [-0.3, -0.25) is 14.6 Å². The Labute approximate surface area is 144 Å². The van der Waals surface area contributed by atoms with Gasteiger partial charge in [-0.05, 0) is 38.8 Å². The Kier molecular flexibility index (Phi) is 5.85. The van der Waals surface area contributed by atoms with Crippen molar-refractivity contribution in [3.8, 4) is 0 Å². The van der Waals surface area contributed by atoms with Crippen molar-refractivity contribution in [1.82, 2.24) is 14.7 Å². The minimum absolute atomic E-state index is 0.0449. The molecule has 24 heavy (non-hydrogen) atoms. The highest BCUT2D eigenvalue weighted by Crippen LogP contribution is 2.16. The fourth-order valence-electron chi connectivity index (χ4n) is 3.76. The van der Waals surface area contributed by atoms with Crippen LogP contribution in [-0.2, 0) is 11.3 Å². The number of amides is 1. The molecule has 2 saturated heterocycles. The highest BCUT2D eigenvalue weighted by atomic mass is 19.1. The maximum absolute atomic E-state index is 13.8. The number of hydrogen-bond donors (Lipinski definition) is 0. The summed E-state index contributed by atoms with van der Waals surface area (Å²) < 4.78 is 13.8. The number of rotatable bonds is 4. The summed E-state index contributed by atoms with van der Waals surface area (Å²) in [5, 5.41) is 0. The Morgan fingerprint density at radius 2 is 1.79 bits per heavy atom. The van der Waals surface area contributed by atoms with Gasteiger partial charge < -0.3 is 4.90 Å². The SMILES string of the molecule is C[C@H](C(=O)N1CCCC1)N1CCCN(Cc2ccccc2F)CC1. The highest BCUT2D eigenvalue weighted by molar-refractivity contribution is 5.81. The first-order valence-electron chi connectivity index (χ1n) is 9.14. The quantitative estimate of drug-likeness (QED) is 0.846. The van der Waals surface area contributed by atoms with Crippen LogP contribution in [0, 0.1) is 5.82 Å². The summed E-state index contributed by atoms with van der Waals surface area (Å²) in [4.78, 5) is 19.2. The minimum Gasteiger partial charge on any atom is -0.341 e. The van der Waals surface area contributed by atoms with Crippen LogP contribution in [0.15, 0.2) is 24.3 Å². The van der Waals surface area contributed by atoms with Crippen molar-refractivity contribution in [2.24, 2.45) is 0 Å². The Morgan fingerprint density at radius 1 is 1.04 bits per heavy atom. The predicted molar refractivity (Wildman–Crippen MR) is 93.1 cm³/mol. The number of benzene rings is 1. The van der Waals surface area contributed by atoms with Gasteiger partial charge in [0.05, 0.1) is 6.04 Å². The lowest BCUT2D eigenvalue weighted by Crippen LogP contribution is -2.47. The molecule has 3 rings (SSSR count). The summed E-state index contributed by atoms with van der Waals surface area (Å²) in [6, 6.07) is 6.96. The molecule has 1 amide bonds. The molecule has 0 spiro atoms. The smallest absolute Gasteiger partial charge is 0.239 e. The van der Waals surface area contributed by atoms with Gasteiger partial charge in [0.2, 0.25) is 5.91 Å².